The number of unbranched alkanes of at least 4 members (excludes halogenated alkanes) is 1. The van der Waals surface area contributed by atoms with E-state index < -0.39 is 0 Å². The van der Waals surface area contributed by atoms with Crippen LogP contribution < -0.4 is 0 Å². The molecule has 0 saturated carbocycles. The van der Waals surface area contributed by atoms with Gasteiger partial charge in [-0.25, -0.2) is 0 Å². The molecule has 0 radical (unpaired) electrons. The molecule has 0 spiro atoms. The normalized spacial score (nSPS) is 14.8. The van der Waals surface area contributed by atoms with Gasteiger partial charge in [-0.3, -0.25) is 4.98 Å². The molecule has 0 atom stereocenters. The monoisotopic (exact) mass is 270 g/mol. The molecule has 3 heterocycles. The molecule has 106 valence electrons. The first-order chi connectivity index (χ1) is 9.88. The molecule has 0 N–H and O–H groups in total. The van der Waals surface area contributed by atoms with Crippen molar-refractivity contribution in [2.75, 3.05) is 0 Å². The van der Waals surface area contributed by atoms with E-state index in [1.807, 2.05) is 12.4 Å². The van der Waals surface area contributed by atoms with Gasteiger partial charge in [0.1, 0.15) is 5.82 Å². The van der Waals surface area contributed by atoms with Crippen molar-refractivity contribution in [3.8, 4) is 11.4 Å². The average molecular weight is 270 g/mol. The second-order valence-electron chi connectivity index (χ2n) is 5.59. The molecule has 1 aliphatic heterocycles. The molecule has 4 heteroatoms. The lowest BCUT2D eigenvalue weighted by Gasteiger charge is -2.08. The van der Waals surface area contributed by atoms with E-state index in [1.165, 1.54) is 37.7 Å². The summed E-state index contributed by atoms with van der Waals surface area (Å²) in [5.74, 6) is 2.13. The van der Waals surface area contributed by atoms with Gasteiger partial charge in [0.2, 0.25) is 0 Å². The molecule has 0 bridgehead atoms. The van der Waals surface area contributed by atoms with Gasteiger partial charge >= 0.3 is 0 Å². The highest BCUT2D eigenvalue weighted by molar-refractivity contribution is 5.55. The van der Waals surface area contributed by atoms with Gasteiger partial charge in [-0.1, -0.05) is 19.8 Å². The summed E-state index contributed by atoms with van der Waals surface area (Å²) >= 11 is 0. The van der Waals surface area contributed by atoms with Gasteiger partial charge in [0, 0.05) is 30.9 Å². The Morgan fingerprint density at radius 2 is 2.10 bits per heavy atom. The third-order valence-corrected chi connectivity index (χ3v) is 3.98. The van der Waals surface area contributed by atoms with Crippen molar-refractivity contribution in [1.29, 1.82) is 0 Å². The van der Waals surface area contributed by atoms with Gasteiger partial charge in [0.25, 0.3) is 0 Å². The Hall–Kier alpha value is -1.71. The highest BCUT2D eigenvalue weighted by Gasteiger charge is 2.16. The van der Waals surface area contributed by atoms with Gasteiger partial charge in [-0.15, -0.1) is 10.2 Å². The molecule has 0 aliphatic carbocycles. The fraction of sp³-hybridized carbons (Fsp3) is 0.562. The lowest BCUT2D eigenvalue weighted by atomic mass is 10.1. The minimum absolute atomic E-state index is 0.993. The predicted molar refractivity (Wildman–Crippen MR) is 79.4 cm³/mol. The second kappa shape index (κ2) is 6.16. The highest BCUT2D eigenvalue weighted by atomic mass is 15.3. The maximum Gasteiger partial charge on any atom is 0.165 e. The molecule has 2 aromatic rings. The van der Waals surface area contributed by atoms with Crippen LogP contribution in [-0.4, -0.2) is 19.7 Å². The number of rotatable bonds is 4. The lowest BCUT2D eigenvalue weighted by Crippen LogP contribution is -2.03. The van der Waals surface area contributed by atoms with Crippen LogP contribution in [0.3, 0.4) is 0 Å². The molecular formula is C16H22N4. The topological polar surface area (TPSA) is 43.6 Å². The smallest absolute Gasteiger partial charge is 0.165 e. The molecular weight excluding hydrogens is 248 g/mol. The molecule has 0 unspecified atom stereocenters. The van der Waals surface area contributed by atoms with Crippen LogP contribution in [0.4, 0.5) is 0 Å². The molecule has 20 heavy (non-hydrogen) atoms. The first-order valence-electron chi connectivity index (χ1n) is 7.75. The van der Waals surface area contributed by atoms with Crippen molar-refractivity contribution >= 4 is 0 Å². The second-order valence-corrected chi connectivity index (χ2v) is 5.59. The summed E-state index contributed by atoms with van der Waals surface area (Å²) in [5, 5.41) is 8.77. The molecule has 4 nitrogen and oxygen atoms in total. The Labute approximate surface area is 120 Å². The number of hydrogen-bond acceptors (Lipinski definition) is 3. The standard InChI is InChI=1S/C16H22N4/c1-2-3-7-13-10-14(12-17-11-13)16-19-18-15-8-5-4-6-9-20(15)16/h10-12H,2-9H2,1H3. The van der Waals surface area contributed by atoms with Gasteiger partial charge in [0.15, 0.2) is 5.82 Å². The molecule has 0 saturated heterocycles. The summed E-state index contributed by atoms with van der Waals surface area (Å²) in [7, 11) is 0. The van der Waals surface area contributed by atoms with Gasteiger partial charge < -0.3 is 4.57 Å². The number of pyridine rings is 1. The minimum atomic E-state index is 0.993. The van der Waals surface area contributed by atoms with Crippen molar-refractivity contribution in [2.45, 2.75) is 58.4 Å². The van der Waals surface area contributed by atoms with E-state index in [4.69, 9.17) is 0 Å². The van der Waals surface area contributed by atoms with Crippen molar-refractivity contribution in [2.24, 2.45) is 0 Å². The van der Waals surface area contributed by atoms with Crippen molar-refractivity contribution in [3.63, 3.8) is 0 Å². The predicted octanol–water partition coefficient (Wildman–Crippen LogP) is 3.41. The Balaban J connectivity index is 1.91. The first-order valence-corrected chi connectivity index (χ1v) is 7.75. The summed E-state index contributed by atoms with van der Waals surface area (Å²) in [6.07, 6.45) is 12.2. The Morgan fingerprint density at radius 3 is 3.00 bits per heavy atom. The van der Waals surface area contributed by atoms with Crippen LogP contribution in [0.2, 0.25) is 0 Å². The zero-order valence-corrected chi connectivity index (χ0v) is 12.2. The van der Waals surface area contributed by atoms with Crippen LogP contribution in [0.5, 0.6) is 0 Å². The largest absolute Gasteiger partial charge is 0.311 e. The van der Waals surface area contributed by atoms with Crippen LogP contribution in [0.15, 0.2) is 18.5 Å². The van der Waals surface area contributed by atoms with E-state index in [0.29, 0.717) is 0 Å². The molecule has 0 amide bonds. The number of hydrogen-bond donors (Lipinski definition) is 0. The molecule has 3 rings (SSSR count). The third kappa shape index (κ3) is 2.74. The van der Waals surface area contributed by atoms with E-state index >= 15 is 0 Å². The molecule has 0 aromatic carbocycles. The van der Waals surface area contributed by atoms with Crippen molar-refractivity contribution < 1.29 is 0 Å². The summed E-state index contributed by atoms with van der Waals surface area (Å²) in [4.78, 5) is 4.38. The van der Waals surface area contributed by atoms with E-state index in [0.717, 1.165) is 36.6 Å². The van der Waals surface area contributed by atoms with Crippen LogP contribution in [0, 0.1) is 0 Å². The zero-order valence-electron chi connectivity index (χ0n) is 12.2. The number of aromatic nitrogens is 4. The lowest BCUT2D eigenvalue weighted by molar-refractivity contribution is 0.636. The Bertz CT molecular complexity index is 574. The summed E-state index contributed by atoms with van der Waals surface area (Å²) in [6.45, 7) is 3.26. The maximum atomic E-state index is 4.40. The van der Waals surface area contributed by atoms with Gasteiger partial charge in [-0.05, 0) is 37.3 Å². The van der Waals surface area contributed by atoms with Crippen LogP contribution in [0.25, 0.3) is 11.4 Å². The molecule has 1 aliphatic rings. The van der Waals surface area contributed by atoms with Crippen LogP contribution >= 0.6 is 0 Å². The highest BCUT2D eigenvalue weighted by Crippen LogP contribution is 2.23. The number of aryl methyl sites for hydroxylation is 2. The zero-order chi connectivity index (χ0) is 13.8. The first kappa shape index (κ1) is 13.3. The van der Waals surface area contributed by atoms with E-state index in [9.17, 15) is 0 Å². The molecule has 2 aromatic heterocycles. The van der Waals surface area contributed by atoms with E-state index in [2.05, 4.69) is 32.7 Å². The van der Waals surface area contributed by atoms with Gasteiger partial charge in [0.05, 0.1) is 0 Å². The van der Waals surface area contributed by atoms with E-state index in [-0.39, 0.29) is 0 Å². The van der Waals surface area contributed by atoms with Crippen LogP contribution in [-0.2, 0) is 19.4 Å². The summed E-state index contributed by atoms with van der Waals surface area (Å²) in [6, 6.07) is 2.23. The summed E-state index contributed by atoms with van der Waals surface area (Å²) < 4.78 is 2.29. The SMILES string of the molecule is CCCCc1cncc(-c2nnc3n2CCCCC3)c1. The van der Waals surface area contributed by atoms with Crippen molar-refractivity contribution in [3.05, 3.63) is 29.8 Å². The van der Waals surface area contributed by atoms with Crippen molar-refractivity contribution in [1.82, 2.24) is 19.7 Å². The molecule has 0 fully saturated rings. The fourth-order valence-corrected chi connectivity index (χ4v) is 2.83. The minimum Gasteiger partial charge on any atom is -0.311 e. The number of fused-ring (bicyclic) bond motifs is 1. The Kier molecular flexibility index (Phi) is 4.09. The Morgan fingerprint density at radius 1 is 1.15 bits per heavy atom. The maximum absolute atomic E-state index is 4.40. The van der Waals surface area contributed by atoms with E-state index in [1.54, 1.807) is 0 Å². The quantitative estimate of drug-likeness (QED) is 0.855. The average Bonchev–Trinajstić information content (AvgIpc) is 2.74. The van der Waals surface area contributed by atoms with Crippen LogP contribution in [0.1, 0.15) is 50.4 Å². The summed E-state index contributed by atoms with van der Waals surface area (Å²) in [5.41, 5.74) is 2.41. The third-order valence-electron chi connectivity index (χ3n) is 3.98. The fourth-order valence-electron chi connectivity index (χ4n) is 2.83. The van der Waals surface area contributed by atoms with Gasteiger partial charge in [-0.2, -0.15) is 0 Å². The number of nitrogens with zero attached hydrogens (tertiary/aromatic N) is 4.